The summed E-state index contributed by atoms with van der Waals surface area (Å²) in [7, 11) is 6.69. The number of hydrogen-bond donors (Lipinski definition) is 5. The van der Waals surface area contributed by atoms with E-state index in [0.717, 1.165) is 34.2 Å². The number of para-hydroxylation sites is 1. The molecule has 1 aromatic carbocycles. The molecule has 22 heteroatoms. The van der Waals surface area contributed by atoms with Gasteiger partial charge in [0.2, 0.25) is 35.4 Å². The van der Waals surface area contributed by atoms with Gasteiger partial charge in [-0.2, -0.15) is 0 Å². The van der Waals surface area contributed by atoms with E-state index in [9.17, 15) is 43.2 Å². The van der Waals surface area contributed by atoms with Crippen LogP contribution < -0.4 is 21.5 Å². The normalized spacial score (nSPS) is 18.8. The molecule has 22 nitrogen and oxygen atoms in total. The molecule has 0 saturated carbocycles. The third kappa shape index (κ3) is 18.0. The Kier molecular flexibility index (Phi) is 25.9. The van der Waals surface area contributed by atoms with Gasteiger partial charge in [0.1, 0.15) is 6.04 Å². The van der Waals surface area contributed by atoms with E-state index in [2.05, 4.69) is 33.4 Å². The van der Waals surface area contributed by atoms with Crippen LogP contribution in [0.15, 0.2) is 42.6 Å². The van der Waals surface area contributed by atoms with E-state index in [1.807, 2.05) is 81.9 Å². The quantitative estimate of drug-likeness (QED) is 0.0403. The number of ether oxygens (including phenoxy) is 2. The number of carbonyl (C=O) groups excluding carboxylic acids is 9. The van der Waals surface area contributed by atoms with Crippen LogP contribution in [0.3, 0.4) is 0 Å². The van der Waals surface area contributed by atoms with E-state index in [4.69, 9.17) is 14.3 Å². The monoisotopic (exact) mass is 1130 g/mol. The summed E-state index contributed by atoms with van der Waals surface area (Å²) >= 11 is 0. The number of likely N-dealkylation sites (tertiary alicyclic amines) is 1. The van der Waals surface area contributed by atoms with Gasteiger partial charge in [-0.15, -0.1) is 0 Å². The van der Waals surface area contributed by atoms with Gasteiger partial charge in [0.15, 0.2) is 0 Å². The van der Waals surface area contributed by atoms with Crippen LogP contribution >= 0.6 is 0 Å². The SMILES string of the molecule is CC[C@H](C)[C@@H]([C@@H](CC(=O)N1CCC[C@H]1[C@H](OC)[C@@H](C)C(=O)N[C@@H](Cc1c[nH]c2ccccc12)C(=O)N1CCCCO1)OC)N(C)[C@H](C(=O)NC(=O)[C@H](C(C)C)N(C)CCCC(=O)NNC(=O)CCCCCN1C(=O)C=CC1=O)C(C)C. The summed E-state index contributed by atoms with van der Waals surface area (Å²) in [5.41, 5.74) is 6.66. The number of unbranched alkanes of at least 4 members (excludes halogenated alkanes) is 2. The number of hydrazine groups is 1. The van der Waals surface area contributed by atoms with E-state index >= 15 is 0 Å². The number of nitrogens with zero attached hydrogens (tertiary/aromatic N) is 5. The zero-order valence-corrected chi connectivity index (χ0v) is 49.8. The van der Waals surface area contributed by atoms with Crippen molar-refractivity contribution in [3.63, 3.8) is 0 Å². The lowest BCUT2D eigenvalue weighted by Gasteiger charge is -2.43. The first-order valence-corrected chi connectivity index (χ1v) is 29.2. The van der Waals surface area contributed by atoms with Gasteiger partial charge < -0.3 is 24.7 Å². The lowest BCUT2D eigenvalue weighted by Crippen LogP contribution is -2.60. The van der Waals surface area contributed by atoms with Crippen molar-refractivity contribution >= 4 is 64.1 Å². The van der Waals surface area contributed by atoms with Gasteiger partial charge in [0.05, 0.1) is 49.3 Å². The largest absolute Gasteiger partial charge is 0.379 e. The molecular weight excluding hydrogens is 1040 g/mol. The van der Waals surface area contributed by atoms with E-state index in [-0.39, 0.29) is 85.4 Å². The standard InChI is InChI=1S/C59H92N10O12/c1-12-39(6)54(66(9)53(38(4)5)58(77)62-57(76)52(37(2)3)65(8)29-21-26-48(71)64-63-47(70)25-14-13-17-30-68-49(72)27-28-50(68)73)46(79-10)35-51(74)67-31-20-24-45(67)55(80-11)40(7)56(75)61-44(59(78)69-32-18-19-33-81-69)34-41-36-60-43-23-16-15-22-42(41)43/h15-16,22-23,27-28,36-40,44-46,52-55,60H,12-14,17-21,24-26,29-35H2,1-11H3,(H,61,75)(H,63,70)(H,64,71)(H,62,76,77)/t39-,40+,44-,45-,46+,52-,53-,54-,55+/m0/s1. The highest BCUT2D eigenvalue weighted by Crippen LogP contribution is 2.31. The second-order valence-electron chi connectivity index (χ2n) is 22.8. The molecule has 2 aromatic rings. The van der Waals surface area contributed by atoms with Crippen LogP contribution in [-0.2, 0) is 63.9 Å². The zero-order valence-electron chi connectivity index (χ0n) is 49.8. The highest BCUT2D eigenvalue weighted by molar-refractivity contribution is 6.12. The van der Waals surface area contributed by atoms with Crippen molar-refractivity contribution in [3.8, 4) is 0 Å². The van der Waals surface area contributed by atoms with Crippen LogP contribution in [0.5, 0.6) is 0 Å². The van der Waals surface area contributed by atoms with Crippen molar-refractivity contribution in [2.45, 2.75) is 174 Å². The lowest BCUT2D eigenvalue weighted by atomic mass is 9.87. The number of imide groups is 2. The van der Waals surface area contributed by atoms with Gasteiger partial charge in [0, 0.05) is 88.4 Å². The number of methoxy groups -OCH3 is 2. The number of aromatic nitrogens is 1. The molecule has 3 aliphatic rings. The number of fused-ring (bicyclic) bond motifs is 1. The van der Waals surface area contributed by atoms with Crippen molar-refractivity contribution in [2.75, 3.05) is 61.1 Å². The second kappa shape index (κ2) is 32.0. The number of rotatable bonds is 31. The van der Waals surface area contributed by atoms with Crippen molar-refractivity contribution in [2.24, 2.45) is 23.7 Å². The summed E-state index contributed by atoms with van der Waals surface area (Å²) in [5, 5.41) is 8.08. The van der Waals surface area contributed by atoms with Gasteiger partial charge in [-0.05, 0) is 95.0 Å². The smallest absolute Gasteiger partial charge is 0.269 e. The van der Waals surface area contributed by atoms with Gasteiger partial charge in [-0.3, -0.25) is 78.9 Å². The Morgan fingerprint density at radius 3 is 2.06 bits per heavy atom. The van der Waals surface area contributed by atoms with Crippen molar-refractivity contribution in [1.29, 1.82) is 0 Å². The van der Waals surface area contributed by atoms with Crippen molar-refractivity contribution < 1.29 is 57.5 Å². The fraction of sp³-hybridized carbons (Fsp3) is 0.678. The molecule has 0 aliphatic carbocycles. The summed E-state index contributed by atoms with van der Waals surface area (Å²) in [6.45, 7) is 15.3. The molecule has 9 atom stereocenters. The first-order valence-electron chi connectivity index (χ1n) is 29.2. The number of hydroxylamine groups is 2. The average Bonchev–Trinajstić information content (AvgIpc) is 4.19. The van der Waals surface area contributed by atoms with Crippen LogP contribution in [0.4, 0.5) is 0 Å². The molecule has 0 unspecified atom stereocenters. The molecule has 4 heterocycles. The minimum atomic E-state index is -0.925. The summed E-state index contributed by atoms with van der Waals surface area (Å²) in [4.78, 5) is 136. The van der Waals surface area contributed by atoms with Crippen LogP contribution in [0.25, 0.3) is 10.9 Å². The number of hydrogen-bond acceptors (Lipinski definition) is 14. The third-order valence-electron chi connectivity index (χ3n) is 16.3. The van der Waals surface area contributed by atoms with Crippen molar-refractivity contribution in [1.82, 2.24) is 51.1 Å². The number of H-pyrrole nitrogens is 1. The number of amides is 9. The highest BCUT2D eigenvalue weighted by atomic mass is 16.7. The topological polar surface area (TPSA) is 261 Å². The highest BCUT2D eigenvalue weighted by Gasteiger charge is 2.44. The molecule has 450 valence electrons. The Morgan fingerprint density at radius 2 is 1.44 bits per heavy atom. The van der Waals surface area contributed by atoms with Gasteiger partial charge in [-0.1, -0.05) is 79.5 Å². The maximum absolute atomic E-state index is 14.7. The van der Waals surface area contributed by atoms with Gasteiger partial charge in [0.25, 0.3) is 17.7 Å². The fourth-order valence-electron chi connectivity index (χ4n) is 11.9. The molecule has 9 amide bonds. The fourth-order valence-corrected chi connectivity index (χ4v) is 11.9. The van der Waals surface area contributed by atoms with Gasteiger partial charge in [-0.25, -0.2) is 5.06 Å². The number of benzene rings is 1. The summed E-state index contributed by atoms with van der Waals surface area (Å²) in [6, 6.07) is 4.46. The average molecular weight is 1130 g/mol. The number of nitrogens with one attached hydrogen (secondary N) is 5. The van der Waals surface area contributed by atoms with Crippen LogP contribution in [0, 0.1) is 23.7 Å². The Bertz CT molecular complexity index is 2480. The van der Waals surface area contributed by atoms with E-state index in [0.29, 0.717) is 71.2 Å². The maximum Gasteiger partial charge on any atom is 0.269 e. The minimum Gasteiger partial charge on any atom is -0.379 e. The Morgan fingerprint density at radius 1 is 0.790 bits per heavy atom. The number of likely N-dealkylation sites (N-methyl/N-ethyl adjacent to an activating group) is 2. The van der Waals surface area contributed by atoms with E-state index < -0.39 is 66.1 Å². The first kappa shape index (κ1) is 65.7. The molecule has 81 heavy (non-hydrogen) atoms. The summed E-state index contributed by atoms with van der Waals surface area (Å²) < 4.78 is 12.3. The van der Waals surface area contributed by atoms with Crippen LogP contribution in [0.1, 0.15) is 131 Å². The molecule has 5 rings (SSSR count). The molecule has 3 aliphatic heterocycles. The van der Waals surface area contributed by atoms with Gasteiger partial charge >= 0.3 is 0 Å². The Hall–Kier alpha value is -6.07. The van der Waals surface area contributed by atoms with Crippen LogP contribution in [0.2, 0.25) is 0 Å². The zero-order chi connectivity index (χ0) is 59.5. The molecule has 0 spiro atoms. The van der Waals surface area contributed by atoms with Crippen molar-refractivity contribution in [3.05, 3.63) is 48.2 Å². The summed E-state index contributed by atoms with van der Waals surface area (Å²) in [5.74, 6) is -4.62. The Balaban J connectivity index is 1.17. The molecule has 1 aromatic heterocycles. The summed E-state index contributed by atoms with van der Waals surface area (Å²) in [6.07, 6.45) is 9.05. The number of carbonyl (C=O) groups is 9. The Labute approximate surface area is 478 Å². The molecule has 0 bridgehead atoms. The predicted molar refractivity (Wildman–Crippen MR) is 305 cm³/mol. The molecule has 2 fully saturated rings. The maximum atomic E-state index is 14.7. The van der Waals surface area contributed by atoms with E-state index in [1.165, 1.54) is 24.3 Å². The molecular formula is C59H92N10O12. The lowest BCUT2D eigenvalue weighted by molar-refractivity contribution is -0.199. The molecule has 5 N–H and O–H groups in total. The van der Waals surface area contributed by atoms with Crippen LogP contribution in [-0.4, -0.2) is 186 Å². The second-order valence-corrected chi connectivity index (χ2v) is 22.8. The first-order chi connectivity index (χ1) is 38.6. The molecule has 0 radical (unpaired) electrons. The van der Waals surface area contributed by atoms with E-state index in [1.54, 1.807) is 26.0 Å². The third-order valence-corrected chi connectivity index (χ3v) is 16.3. The molecule has 2 saturated heterocycles. The minimum absolute atomic E-state index is 0.0243. The predicted octanol–water partition coefficient (Wildman–Crippen LogP) is 4.18. The number of aromatic amines is 1.